The first kappa shape index (κ1) is 13.2. The summed E-state index contributed by atoms with van der Waals surface area (Å²) in [5, 5.41) is 4.03. The van der Waals surface area contributed by atoms with E-state index in [-0.39, 0.29) is 0 Å². The van der Waals surface area contributed by atoms with Gasteiger partial charge in [-0.05, 0) is 37.5 Å². The van der Waals surface area contributed by atoms with E-state index in [9.17, 15) is 0 Å². The van der Waals surface area contributed by atoms with E-state index in [1.807, 2.05) is 6.07 Å². The van der Waals surface area contributed by atoms with Crippen LogP contribution in [0.15, 0.2) is 6.07 Å². The molecule has 0 spiro atoms. The lowest BCUT2D eigenvalue weighted by Gasteiger charge is -2.27. The minimum Gasteiger partial charge on any atom is -0.370 e. The van der Waals surface area contributed by atoms with Crippen molar-refractivity contribution in [3.05, 3.63) is 17.0 Å². The molecule has 0 radical (unpaired) electrons. The van der Waals surface area contributed by atoms with Crippen molar-refractivity contribution in [2.75, 3.05) is 11.9 Å². The van der Waals surface area contributed by atoms with Crippen molar-refractivity contribution in [3.8, 4) is 0 Å². The molecule has 19 heavy (non-hydrogen) atoms. The van der Waals surface area contributed by atoms with Gasteiger partial charge in [0.15, 0.2) is 0 Å². The molecule has 104 valence electrons. The zero-order valence-electron chi connectivity index (χ0n) is 11.5. The van der Waals surface area contributed by atoms with Gasteiger partial charge < -0.3 is 5.32 Å². The largest absolute Gasteiger partial charge is 0.370 e. The molecule has 1 aromatic heterocycles. The molecule has 0 amide bonds. The molecule has 2 aliphatic carbocycles. The Kier molecular flexibility index (Phi) is 3.92. The van der Waals surface area contributed by atoms with Crippen molar-refractivity contribution in [1.29, 1.82) is 0 Å². The van der Waals surface area contributed by atoms with Gasteiger partial charge in [-0.25, -0.2) is 9.97 Å². The Balaban J connectivity index is 1.59. The van der Waals surface area contributed by atoms with Gasteiger partial charge in [0.05, 0.1) is 0 Å². The van der Waals surface area contributed by atoms with Crippen LogP contribution < -0.4 is 5.32 Å². The lowest BCUT2D eigenvalue weighted by Crippen LogP contribution is -2.21. The van der Waals surface area contributed by atoms with E-state index < -0.39 is 0 Å². The van der Waals surface area contributed by atoms with Gasteiger partial charge in [0.1, 0.15) is 16.8 Å². The highest BCUT2D eigenvalue weighted by molar-refractivity contribution is 6.29. The number of hydrogen-bond acceptors (Lipinski definition) is 3. The Labute approximate surface area is 120 Å². The van der Waals surface area contributed by atoms with Gasteiger partial charge >= 0.3 is 0 Å². The highest BCUT2D eigenvalue weighted by Crippen LogP contribution is 2.38. The SMILES string of the molecule is CC1CCCC(CNc2cc(Cl)nc(C3CC3)n2)C1. The summed E-state index contributed by atoms with van der Waals surface area (Å²) in [6.45, 7) is 3.38. The summed E-state index contributed by atoms with van der Waals surface area (Å²) in [4.78, 5) is 8.91. The first-order chi connectivity index (χ1) is 9.20. The second-order valence-electron chi connectivity index (χ2n) is 6.23. The van der Waals surface area contributed by atoms with Crippen molar-refractivity contribution >= 4 is 17.4 Å². The minimum atomic E-state index is 0.550. The molecule has 1 heterocycles. The maximum Gasteiger partial charge on any atom is 0.135 e. The average molecular weight is 280 g/mol. The fourth-order valence-electron chi connectivity index (χ4n) is 3.04. The summed E-state index contributed by atoms with van der Waals surface area (Å²) in [6, 6.07) is 1.85. The quantitative estimate of drug-likeness (QED) is 0.838. The van der Waals surface area contributed by atoms with Crippen molar-refractivity contribution in [3.63, 3.8) is 0 Å². The molecule has 0 saturated heterocycles. The molecule has 3 rings (SSSR count). The van der Waals surface area contributed by atoms with E-state index in [4.69, 9.17) is 11.6 Å². The van der Waals surface area contributed by atoms with Crippen LogP contribution in [0.2, 0.25) is 5.15 Å². The standard InChI is InChI=1S/C15H22ClN3/c1-10-3-2-4-11(7-10)9-17-14-8-13(16)18-15(19-14)12-5-6-12/h8,10-12H,2-7,9H2,1H3,(H,17,18,19). The molecule has 2 saturated carbocycles. The molecule has 2 atom stereocenters. The molecule has 4 heteroatoms. The minimum absolute atomic E-state index is 0.550. The normalized spacial score (nSPS) is 27.3. The maximum absolute atomic E-state index is 6.08. The summed E-state index contributed by atoms with van der Waals surface area (Å²) in [6.07, 6.45) is 7.85. The van der Waals surface area contributed by atoms with Crippen molar-refractivity contribution in [2.45, 2.75) is 51.4 Å². The third kappa shape index (κ3) is 3.59. The van der Waals surface area contributed by atoms with Gasteiger partial charge in [0.25, 0.3) is 0 Å². The third-order valence-corrected chi connectivity index (χ3v) is 4.47. The molecule has 3 nitrogen and oxygen atoms in total. The lowest BCUT2D eigenvalue weighted by atomic mass is 9.82. The van der Waals surface area contributed by atoms with Crippen molar-refractivity contribution < 1.29 is 0 Å². The number of hydrogen-bond donors (Lipinski definition) is 1. The number of anilines is 1. The van der Waals surface area contributed by atoms with Crippen LogP contribution >= 0.6 is 11.6 Å². The van der Waals surface area contributed by atoms with E-state index in [0.717, 1.165) is 30.0 Å². The summed E-state index contributed by atoms with van der Waals surface area (Å²) < 4.78 is 0. The first-order valence-electron chi connectivity index (χ1n) is 7.49. The third-order valence-electron chi connectivity index (χ3n) is 4.27. The molecule has 0 aliphatic heterocycles. The van der Waals surface area contributed by atoms with Crippen LogP contribution in [-0.2, 0) is 0 Å². The van der Waals surface area contributed by atoms with Crippen LogP contribution in [0, 0.1) is 11.8 Å². The number of halogens is 1. The summed E-state index contributed by atoms with van der Waals surface area (Å²) >= 11 is 6.08. The molecule has 2 aliphatic rings. The molecule has 0 aromatic carbocycles. The second kappa shape index (κ2) is 5.66. The Bertz CT molecular complexity index is 445. The highest BCUT2D eigenvalue weighted by Gasteiger charge is 2.27. The van der Waals surface area contributed by atoms with E-state index in [1.54, 1.807) is 0 Å². The van der Waals surface area contributed by atoms with Crippen LogP contribution in [0.3, 0.4) is 0 Å². The average Bonchev–Trinajstić information content (AvgIpc) is 3.20. The highest BCUT2D eigenvalue weighted by atomic mass is 35.5. The van der Waals surface area contributed by atoms with Crippen LogP contribution in [0.4, 0.5) is 5.82 Å². The zero-order chi connectivity index (χ0) is 13.2. The van der Waals surface area contributed by atoms with Crippen LogP contribution in [-0.4, -0.2) is 16.5 Å². The van der Waals surface area contributed by atoms with Gasteiger partial charge in [0, 0.05) is 18.5 Å². The maximum atomic E-state index is 6.08. The molecule has 2 fully saturated rings. The van der Waals surface area contributed by atoms with Gasteiger partial charge in [-0.1, -0.05) is 31.4 Å². The van der Waals surface area contributed by atoms with Gasteiger partial charge in [0.2, 0.25) is 0 Å². The van der Waals surface area contributed by atoms with Gasteiger partial charge in [-0.3, -0.25) is 0 Å². The smallest absolute Gasteiger partial charge is 0.135 e. The predicted molar refractivity (Wildman–Crippen MR) is 78.6 cm³/mol. The zero-order valence-corrected chi connectivity index (χ0v) is 12.3. The molecule has 1 aromatic rings. The molecular weight excluding hydrogens is 258 g/mol. The fourth-order valence-corrected chi connectivity index (χ4v) is 3.23. The molecule has 0 bridgehead atoms. The van der Waals surface area contributed by atoms with E-state index >= 15 is 0 Å². The Morgan fingerprint density at radius 2 is 2.11 bits per heavy atom. The summed E-state index contributed by atoms with van der Waals surface area (Å²) in [7, 11) is 0. The molecular formula is C15H22ClN3. The van der Waals surface area contributed by atoms with Gasteiger partial charge in [-0.2, -0.15) is 0 Å². The number of aromatic nitrogens is 2. The summed E-state index contributed by atoms with van der Waals surface area (Å²) in [5.41, 5.74) is 0. The fraction of sp³-hybridized carbons (Fsp3) is 0.733. The number of nitrogens with one attached hydrogen (secondary N) is 1. The Morgan fingerprint density at radius 3 is 2.84 bits per heavy atom. The van der Waals surface area contributed by atoms with Crippen molar-refractivity contribution in [2.24, 2.45) is 11.8 Å². The van der Waals surface area contributed by atoms with E-state index in [1.165, 1.54) is 38.5 Å². The molecule has 1 N–H and O–H groups in total. The van der Waals surface area contributed by atoms with Gasteiger partial charge in [-0.15, -0.1) is 0 Å². The Hall–Kier alpha value is -0.830. The van der Waals surface area contributed by atoms with Crippen LogP contribution in [0.1, 0.15) is 57.2 Å². The second-order valence-corrected chi connectivity index (χ2v) is 6.61. The molecule has 2 unspecified atom stereocenters. The summed E-state index contributed by atoms with van der Waals surface area (Å²) in [5.74, 6) is 4.03. The number of nitrogens with zero attached hydrogens (tertiary/aromatic N) is 2. The predicted octanol–water partition coefficient (Wildman–Crippen LogP) is 4.25. The monoisotopic (exact) mass is 279 g/mol. The van der Waals surface area contributed by atoms with E-state index in [0.29, 0.717) is 11.1 Å². The van der Waals surface area contributed by atoms with E-state index in [2.05, 4.69) is 22.2 Å². The van der Waals surface area contributed by atoms with Crippen LogP contribution in [0.25, 0.3) is 0 Å². The lowest BCUT2D eigenvalue weighted by molar-refractivity contribution is 0.293. The van der Waals surface area contributed by atoms with Crippen molar-refractivity contribution in [1.82, 2.24) is 9.97 Å². The number of rotatable bonds is 4. The topological polar surface area (TPSA) is 37.8 Å². The first-order valence-corrected chi connectivity index (χ1v) is 7.87. The Morgan fingerprint density at radius 1 is 1.26 bits per heavy atom. The van der Waals surface area contributed by atoms with Crippen LogP contribution in [0.5, 0.6) is 0 Å².